The lowest BCUT2D eigenvalue weighted by atomic mass is 9.94. The number of piperidine rings is 1. The number of hydrogen-bond donors (Lipinski definition) is 1. The fourth-order valence-electron chi connectivity index (χ4n) is 3.25. The van der Waals surface area contributed by atoms with Gasteiger partial charge in [-0.2, -0.15) is 0 Å². The van der Waals surface area contributed by atoms with Crippen LogP contribution in [0.4, 0.5) is 0 Å². The molecule has 19 heavy (non-hydrogen) atoms. The second-order valence-corrected chi connectivity index (χ2v) is 5.81. The maximum absolute atomic E-state index is 11.9. The monoisotopic (exact) mass is 268 g/mol. The number of nitrogens with zero attached hydrogens (tertiary/aromatic N) is 1. The number of carbonyl (C=O) groups is 1. The van der Waals surface area contributed by atoms with Gasteiger partial charge in [0.05, 0.1) is 13.2 Å². The smallest absolute Gasteiger partial charge is 0.320 e. The van der Waals surface area contributed by atoms with Gasteiger partial charge < -0.3 is 10.1 Å². The predicted molar refractivity (Wildman–Crippen MR) is 76.1 cm³/mol. The zero-order chi connectivity index (χ0) is 13.5. The van der Waals surface area contributed by atoms with Crippen LogP contribution in [0.25, 0.3) is 0 Å². The van der Waals surface area contributed by atoms with Crippen molar-refractivity contribution in [1.29, 1.82) is 0 Å². The van der Waals surface area contributed by atoms with Gasteiger partial charge in [0.1, 0.15) is 0 Å². The van der Waals surface area contributed by atoms with E-state index >= 15 is 0 Å². The minimum Gasteiger partial charge on any atom is -0.465 e. The molecule has 0 spiro atoms. The van der Waals surface area contributed by atoms with Gasteiger partial charge in [0.15, 0.2) is 0 Å². The van der Waals surface area contributed by atoms with E-state index in [4.69, 9.17) is 4.74 Å². The maximum atomic E-state index is 11.9. The Labute approximate surface area is 116 Å². The average molecular weight is 268 g/mol. The molecule has 0 bridgehead atoms. The molecule has 0 aromatic rings. The van der Waals surface area contributed by atoms with Crippen molar-refractivity contribution in [2.75, 3.05) is 26.2 Å². The third-order valence-corrected chi connectivity index (χ3v) is 4.32. The fourth-order valence-corrected chi connectivity index (χ4v) is 3.25. The van der Waals surface area contributed by atoms with Crippen molar-refractivity contribution in [1.82, 2.24) is 10.2 Å². The largest absolute Gasteiger partial charge is 0.465 e. The number of ether oxygens (including phenoxy) is 1. The van der Waals surface area contributed by atoms with E-state index in [0.717, 1.165) is 25.9 Å². The summed E-state index contributed by atoms with van der Waals surface area (Å²) in [5.74, 6) is -0.0432. The van der Waals surface area contributed by atoms with Gasteiger partial charge in [0.25, 0.3) is 0 Å². The fraction of sp³-hybridized carbons (Fsp3) is 0.933. The van der Waals surface area contributed by atoms with Gasteiger partial charge in [-0.3, -0.25) is 9.69 Å². The van der Waals surface area contributed by atoms with Crippen molar-refractivity contribution in [2.45, 2.75) is 64.0 Å². The molecule has 0 saturated carbocycles. The van der Waals surface area contributed by atoms with Gasteiger partial charge in [-0.1, -0.05) is 19.8 Å². The molecule has 4 heteroatoms. The van der Waals surface area contributed by atoms with E-state index in [1.165, 1.54) is 32.1 Å². The topological polar surface area (TPSA) is 41.6 Å². The Morgan fingerprint density at radius 3 is 2.95 bits per heavy atom. The number of carbonyl (C=O) groups excluding carboxylic acids is 1. The van der Waals surface area contributed by atoms with Crippen LogP contribution in [0.2, 0.25) is 0 Å². The molecule has 2 atom stereocenters. The SMILES string of the molecule is CCCCOC(=O)CN1CCCCC1C1CCCN1. The first-order chi connectivity index (χ1) is 9.31. The van der Waals surface area contributed by atoms with Crippen molar-refractivity contribution in [3.8, 4) is 0 Å². The number of rotatable bonds is 6. The van der Waals surface area contributed by atoms with Gasteiger partial charge >= 0.3 is 5.97 Å². The highest BCUT2D eigenvalue weighted by Gasteiger charge is 2.32. The third kappa shape index (κ3) is 4.46. The Morgan fingerprint density at radius 2 is 2.21 bits per heavy atom. The molecule has 2 unspecified atom stereocenters. The van der Waals surface area contributed by atoms with Crippen LogP contribution in [-0.4, -0.2) is 49.2 Å². The van der Waals surface area contributed by atoms with Gasteiger partial charge in [-0.05, 0) is 45.2 Å². The molecule has 1 N–H and O–H groups in total. The van der Waals surface area contributed by atoms with Crippen LogP contribution >= 0.6 is 0 Å². The van der Waals surface area contributed by atoms with E-state index in [2.05, 4.69) is 17.1 Å². The van der Waals surface area contributed by atoms with Gasteiger partial charge in [-0.15, -0.1) is 0 Å². The molecule has 110 valence electrons. The lowest BCUT2D eigenvalue weighted by molar-refractivity contribution is -0.146. The lowest BCUT2D eigenvalue weighted by Gasteiger charge is -2.38. The minimum atomic E-state index is -0.0432. The number of likely N-dealkylation sites (tertiary alicyclic amines) is 1. The van der Waals surface area contributed by atoms with Crippen LogP contribution in [0.5, 0.6) is 0 Å². The summed E-state index contributed by atoms with van der Waals surface area (Å²) in [6.45, 7) is 5.35. The number of nitrogens with one attached hydrogen (secondary N) is 1. The Morgan fingerprint density at radius 1 is 1.32 bits per heavy atom. The molecule has 2 heterocycles. The molecular formula is C15H28N2O2. The van der Waals surface area contributed by atoms with E-state index in [-0.39, 0.29) is 5.97 Å². The highest BCUT2D eigenvalue weighted by Crippen LogP contribution is 2.24. The highest BCUT2D eigenvalue weighted by atomic mass is 16.5. The average Bonchev–Trinajstić information content (AvgIpc) is 2.93. The second-order valence-electron chi connectivity index (χ2n) is 5.81. The first kappa shape index (κ1) is 14.8. The molecule has 2 aliphatic heterocycles. The first-order valence-corrected chi connectivity index (χ1v) is 7.94. The summed E-state index contributed by atoms with van der Waals surface area (Å²) in [4.78, 5) is 14.2. The van der Waals surface area contributed by atoms with Crippen LogP contribution in [-0.2, 0) is 9.53 Å². The van der Waals surface area contributed by atoms with Crippen LogP contribution < -0.4 is 5.32 Å². The van der Waals surface area contributed by atoms with E-state index in [0.29, 0.717) is 25.2 Å². The van der Waals surface area contributed by atoms with Crippen molar-refractivity contribution in [2.24, 2.45) is 0 Å². The molecule has 0 aromatic heterocycles. The molecule has 2 saturated heterocycles. The highest BCUT2D eigenvalue weighted by molar-refractivity contribution is 5.71. The molecule has 2 rings (SSSR count). The quantitative estimate of drug-likeness (QED) is 0.590. The van der Waals surface area contributed by atoms with Gasteiger partial charge in [0.2, 0.25) is 0 Å². The zero-order valence-corrected chi connectivity index (χ0v) is 12.2. The molecule has 2 fully saturated rings. The summed E-state index contributed by atoms with van der Waals surface area (Å²) in [7, 11) is 0. The first-order valence-electron chi connectivity index (χ1n) is 7.94. The molecule has 0 aliphatic carbocycles. The number of unbranched alkanes of at least 4 members (excludes halogenated alkanes) is 1. The Hall–Kier alpha value is -0.610. The summed E-state index contributed by atoms with van der Waals surface area (Å²) in [6.07, 6.45) is 8.31. The van der Waals surface area contributed by atoms with E-state index in [1.807, 2.05) is 0 Å². The number of esters is 1. The summed E-state index contributed by atoms with van der Waals surface area (Å²) in [5.41, 5.74) is 0. The Bertz CT molecular complexity index is 277. The molecule has 2 aliphatic rings. The van der Waals surface area contributed by atoms with Gasteiger partial charge in [-0.25, -0.2) is 0 Å². The van der Waals surface area contributed by atoms with Gasteiger partial charge in [0, 0.05) is 12.1 Å². The van der Waals surface area contributed by atoms with Crippen LogP contribution in [0.15, 0.2) is 0 Å². The summed E-state index contributed by atoms with van der Waals surface area (Å²) < 4.78 is 5.30. The Kier molecular flexibility index (Phi) is 6.11. The van der Waals surface area contributed by atoms with Crippen LogP contribution in [0.1, 0.15) is 51.9 Å². The van der Waals surface area contributed by atoms with E-state index < -0.39 is 0 Å². The number of hydrogen-bond acceptors (Lipinski definition) is 4. The van der Waals surface area contributed by atoms with Crippen LogP contribution in [0.3, 0.4) is 0 Å². The molecular weight excluding hydrogens is 240 g/mol. The normalized spacial score (nSPS) is 28.5. The van der Waals surface area contributed by atoms with E-state index in [1.54, 1.807) is 0 Å². The third-order valence-electron chi connectivity index (χ3n) is 4.32. The van der Waals surface area contributed by atoms with Crippen molar-refractivity contribution < 1.29 is 9.53 Å². The minimum absolute atomic E-state index is 0.0432. The Balaban J connectivity index is 1.79. The van der Waals surface area contributed by atoms with Crippen molar-refractivity contribution in [3.63, 3.8) is 0 Å². The van der Waals surface area contributed by atoms with E-state index in [9.17, 15) is 4.79 Å². The summed E-state index contributed by atoms with van der Waals surface area (Å²) in [6, 6.07) is 1.12. The lowest BCUT2D eigenvalue weighted by Crippen LogP contribution is -2.51. The predicted octanol–water partition coefficient (Wildman–Crippen LogP) is 1.94. The van der Waals surface area contributed by atoms with Crippen molar-refractivity contribution >= 4 is 5.97 Å². The van der Waals surface area contributed by atoms with Crippen molar-refractivity contribution in [3.05, 3.63) is 0 Å². The molecule has 0 aromatic carbocycles. The zero-order valence-electron chi connectivity index (χ0n) is 12.2. The second kappa shape index (κ2) is 7.85. The summed E-state index contributed by atoms with van der Waals surface area (Å²) in [5, 5.41) is 3.59. The maximum Gasteiger partial charge on any atom is 0.320 e. The molecule has 0 radical (unpaired) electrons. The standard InChI is InChI=1S/C15H28N2O2/c1-2-3-11-19-15(18)12-17-10-5-4-8-14(17)13-7-6-9-16-13/h13-14,16H,2-12H2,1H3. The molecule has 4 nitrogen and oxygen atoms in total. The summed E-state index contributed by atoms with van der Waals surface area (Å²) >= 11 is 0. The van der Waals surface area contributed by atoms with Crippen LogP contribution in [0, 0.1) is 0 Å². The molecule has 0 amide bonds.